The average molecular weight is 246 g/mol. The van der Waals surface area contributed by atoms with Gasteiger partial charge in [0.1, 0.15) is 0 Å². The lowest BCUT2D eigenvalue weighted by Crippen LogP contribution is -2.41. The van der Waals surface area contributed by atoms with Gasteiger partial charge in [-0.1, -0.05) is 24.3 Å². The van der Waals surface area contributed by atoms with Crippen LogP contribution in [0.3, 0.4) is 0 Å². The maximum Gasteiger partial charge on any atom is 0.0623 e. The first-order valence-corrected chi connectivity index (χ1v) is 6.91. The highest BCUT2D eigenvalue weighted by atomic mass is 16.5. The number of likely N-dealkylation sites (N-methyl/N-ethyl adjacent to an activating group) is 1. The summed E-state index contributed by atoms with van der Waals surface area (Å²) in [5.74, 6) is 0.639. The van der Waals surface area contributed by atoms with Crippen molar-refractivity contribution in [2.24, 2.45) is 5.92 Å². The summed E-state index contributed by atoms with van der Waals surface area (Å²) in [7, 11) is 2.04. The van der Waals surface area contributed by atoms with Crippen LogP contribution in [0.25, 0.3) is 0 Å². The predicted octanol–water partition coefficient (Wildman–Crippen LogP) is 1.28. The van der Waals surface area contributed by atoms with Gasteiger partial charge in [0.15, 0.2) is 0 Å². The first-order valence-electron chi connectivity index (χ1n) is 6.91. The minimum atomic E-state index is 0.530. The van der Waals surface area contributed by atoms with Gasteiger partial charge in [-0.25, -0.2) is 0 Å². The van der Waals surface area contributed by atoms with E-state index in [-0.39, 0.29) is 0 Å². The molecule has 3 heteroatoms. The molecule has 0 spiro atoms. The minimum Gasteiger partial charge on any atom is -0.379 e. The van der Waals surface area contributed by atoms with E-state index in [1.54, 1.807) is 0 Å². The molecule has 2 atom stereocenters. The van der Waals surface area contributed by atoms with Gasteiger partial charge in [-0.05, 0) is 24.6 Å². The topological polar surface area (TPSA) is 24.5 Å². The van der Waals surface area contributed by atoms with E-state index in [1.807, 2.05) is 7.05 Å². The first-order chi connectivity index (χ1) is 8.86. The van der Waals surface area contributed by atoms with Crippen LogP contribution in [0.15, 0.2) is 24.3 Å². The van der Waals surface area contributed by atoms with E-state index in [4.69, 9.17) is 4.74 Å². The average Bonchev–Trinajstić information content (AvgIpc) is 2.86. The molecule has 1 saturated heterocycles. The molecule has 3 rings (SSSR count). The molecule has 0 amide bonds. The molecule has 2 aliphatic rings. The van der Waals surface area contributed by atoms with Crippen LogP contribution >= 0.6 is 0 Å². The van der Waals surface area contributed by atoms with Crippen molar-refractivity contribution >= 4 is 0 Å². The molecule has 98 valence electrons. The molecule has 1 aromatic rings. The van der Waals surface area contributed by atoms with Crippen LogP contribution in [-0.4, -0.2) is 44.3 Å². The van der Waals surface area contributed by atoms with E-state index in [2.05, 4.69) is 34.5 Å². The highest BCUT2D eigenvalue weighted by Crippen LogP contribution is 2.21. The van der Waals surface area contributed by atoms with Crippen molar-refractivity contribution < 1.29 is 4.74 Å². The Morgan fingerprint density at radius 2 is 2.11 bits per heavy atom. The second-order valence-corrected chi connectivity index (χ2v) is 5.45. The van der Waals surface area contributed by atoms with E-state index < -0.39 is 0 Å². The van der Waals surface area contributed by atoms with Gasteiger partial charge in [0.2, 0.25) is 0 Å². The van der Waals surface area contributed by atoms with Crippen LogP contribution < -0.4 is 5.32 Å². The Morgan fingerprint density at radius 3 is 2.94 bits per heavy atom. The quantitative estimate of drug-likeness (QED) is 0.869. The van der Waals surface area contributed by atoms with Crippen LogP contribution in [0, 0.1) is 5.92 Å². The highest BCUT2D eigenvalue weighted by Gasteiger charge is 2.29. The van der Waals surface area contributed by atoms with Crippen LogP contribution in [0.1, 0.15) is 11.1 Å². The molecule has 1 aromatic carbocycles. The van der Waals surface area contributed by atoms with Crippen molar-refractivity contribution in [1.82, 2.24) is 10.2 Å². The van der Waals surface area contributed by atoms with Crippen molar-refractivity contribution in [3.63, 3.8) is 0 Å². The molecule has 1 N–H and O–H groups in total. The third kappa shape index (κ3) is 2.44. The van der Waals surface area contributed by atoms with E-state index >= 15 is 0 Å². The van der Waals surface area contributed by atoms with Crippen molar-refractivity contribution in [2.75, 3.05) is 33.4 Å². The standard InChI is InChI=1S/C15H22N2O/c1-16-15-11-18-10-14(15)9-17-7-6-12-4-2-3-5-13(12)8-17/h2-5,14-16H,6-11H2,1H3. The smallest absolute Gasteiger partial charge is 0.0623 e. The van der Waals surface area contributed by atoms with Crippen LogP contribution in [0.2, 0.25) is 0 Å². The molecule has 18 heavy (non-hydrogen) atoms. The highest BCUT2D eigenvalue weighted by molar-refractivity contribution is 5.29. The number of ether oxygens (including phenoxy) is 1. The Morgan fingerprint density at radius 1 is 1.28 bits per heavy atom. The summed E-state index contributed by atoms with van der Waals surface area (Å²) in [5.41, 5.74) is 3.03. The molecule has 0 radical (unpaired) electrons. The lowest BCUT2D eigenvalue weighted by Gasteiger charge is -2.31. The lowest BCUT2D eigenvalue weighted by atomic mass is 9.97. The molecule has 2 aliphatic heterocycles. The third-order valence-electron chi connectivity index (χ3n) is 4.27. The Hall–Kier alpha value is -0.900. The summed E-state index contributed by atoms with van der Waals surface area (Å²) in [5, 5.41) is 3.37. The van der Waals surface area contributed by atoms with Crippen LogP contribution in [0.5, 0.6) is 0 Å². The normalized spacial score (nSPS) is 28.3. The van der Waals surface area contributed by atoms with Gasteiger partial charge in [-0.2, -0.15) is 0 Å². The Bertz CT molecular complexity index is 407. The summed E-state index contributed by atoms with van der Waals surface area (Å²) in [6.45, 7) is 5.21. The van der Waals surface area contributed by atoms with Gasteiger partial charge in [0.05, 0.1) is 13.2 Å². The summed E-state index contributed by atoms with van der Waals surface area (Å²) >= 11 is 0. The van der Waals surface area contributed by atoms with Crippen molar-refractivity contribution in [2.45, 2.75) is 19.0 Å². The predicted molar refractivity (Wildman–Crippen MR) is 72.6 cm³/mol. The maximum atomic E-state index is 5.58. The molecule has 2 unspecified atom stereocenters. The van der Waals surface area contributed by atoms with Gasteiger partial charge in [-0.15, -0.1) is 0 Å². The minimum absolute atomic E-state index is 0.530. The number of hydrogen-bond acceptors (Lipinski definition) is 3. The third-order valence-corrected chi connectivity index (χ3v) is 4.27. The van der Waals surface area contributed by atoms with Gasteiger partial charge in [0.25, 0.3) is 0 Å². The fraction of sp³-hybridized carbons (Fsp3) is 0.600. The Kier molecular flexibility index (Phi) is 3.64. The summed E-state index contributed by atoms with van der Waals surface area (Å²) in [6.07, 6.45) is 1.19. The van der Waals surface area contributed by atoms with Gasteiger partial charge >= 0.3 is 0 Å². The zero-order valence-corrected chi connectivity index (χ0v) is 11.1. The zero-order valence-electron chi connectivity index (χ0n) is 11.1. The molecule has 0 aromatic heterocycles. The Labute approximate surface area is 109 Å². The Balaban J connectivity index is 1.62. The van der Waals surface area contributed by atoms with Crippen LogP contribution in [-0.2, 0) is 17.7 Å². The van der Waals surface area contributed by atoms with E-state index in [9.17, 15) is 0 Å². The number of fused-ring (bicyclic) bond motifs is 1. The van der Waals surface area contributed by atoms with Crippen molar-refractivity contribution in [3.05, 3.63) is 35.4 Å². The summed E-state index contributed by atoms with van der Waals surface area (Å²) in [6, 6.07) is 9.36. The molecule has 0 aliphatic carbocycles. The monoisotopic (exact) mass is 246 g/mol. The maximum absolute atomic E-state index is 5.58. The molecule has 2 heterocycles. The fourth-order valence-electron chi connectivity index (χ4n) is 3.14. The van der Waals surface area contributed by atoms with Gasteiger partial charge < -0.3 is 10.1 Å². The van der Waals surface area contributed by atoms with E-state index in [0.29, 0.717) is 12.0 Å². The lowest BCUT2D eigenvalue weighted by molar-refractivity contribution is 0.162. The molecule has 3 nitrogen and oxygen atoms in total. The first kappa shape index (κ1) is 12.2. The molecule has 0 saturated carbocycles. The SMILES string of the molecule is CNC1COCC1CN1CCc2ccccc2C1. The zero-order chi connectivity index (χ0) is 12.4. The fourth-order valence-corrected chi connectivity index (χ4v) is 3.14. The second kappa shape index (κ2) is 5.39. The summed E-state index contributed by atoms with van der Waals surface area (Å²) < 4.78 is 5.58. The molecular weight excluding hydrogens is 224 g/mol. The van der Waals surface area contributed by atoms with Gasteiger partial charge in [0, 0.05) is 31.6 Å². The van der Waals surface area contributed by atoms with Crippen molar-refractivity contribution in [3.8, 4) is 0 Å². The number of nitrogens with one attached hydrogen (secondary N) is 1. The number of hydrogen-bond donors (Lipinski definition) is 1. The molecular formula is C15H22N2O. The number of rotatable bonds is 3. The number of benzene rings is 1. The molecule has 1 fully saturated rings. The summed E-state index contributed by atoms with van der Waals surface area (Å²) in [4.78, 5) is 2.58. The van der Waals surface area contributed by atoms with E-state index in [1.165, 1.54) is 24.1 Å². The second-order valence-electron chi connectivity index (χ2n) is 5.45. The molecule has 0 bridgehead atoms. The van der Waals surface area contributed by atoms with Gasteiger partial charge in [-0.3, -0.25) is 4.90 Å². The van der Waals surface area contributed by atoms with Crippen molar-refractivity contribution in [1.29, 1.82) is 0 Å². The number of nitrogens with zero attached hydrogens (tertiary/aromatic N) is 1. The van der Waals surface area contributed by atoms with E-state index in [0.717, 1.165) is 26.3 Å². The largest absolute Gasteiger partial charge is 0.379 e. The van der Waals surface area contributed by atoms with Crippen LogP contribution in [0.4, 0.5) is 0 Å².